The van der Waals surface area contributed by atoms with Crippen LogP contribution < -0.4 is 4.43 Å². The number of benzene rings is 2. The number of rotatable bonds is 8. The molecule has 5 nitrogen and oxygen atoms in total. The standard InChI is InChI=1S/C30H44N2O3Si/c1-10-18-31-19-22(3)32(20-21(31)2)27(23-14-16-24(17-15-23)29(33)34-7)25-12-11-13-26(30(4,5)6)28(25)35-36(8)9/h10-17,21-22,27,36H,1,18-20H2,2-9H3/t21-,22+,27-/m1/s1. The maximum Gasteiger partial charge on any atom is 0.337 e. The molecule has 2 aromatic carbocycles. The minimum absolute atomic E-state index is 0.00470. The number of nitrogens with zero attached hydrogens (tertiary/aromatic N) is 2. The van der Waals surface area contributed by atoms with E-state index in [0.29, 0.717) is 17.6 Å². The Balaban J connectivity index is 2.19. The van der Waals surface area contributed by atoms with Gasteiger partial charge < -0.3 is 9.16 Å². The molecule has 0 radical (unpaired) electrons. The summed E-state index contributed by atoms with van der Waals surface area (Å²) in [6.07, 6.45) is 1.99. The van der Waals surface area contributed by atoms with E-state index in [9.17, 15) is 4.79 Å². The molecule has 3 atom stereocenters. The number of methoxy groups -OCH3 is 1. The first-order valence-corrected chi connectivity index (χ1v) is 15.8. The highest BCUT2D eigenvalue weighted by Crippen LogP contribution is 2.43. The largest absolute Gasteiger partial charge is 0.547 e. The van der Waals surface area contributed by atoms with E-state index in [1.807, 2.05) is 18.2 Å². The third-order valence-corrected chi connectivity index (χ3v) is 7.71. The minimum atomic E-state index is -1.38. The molecule has 2 aromatic rings. The van der Waals surface area contributed by atoms with Crippen LogP contribution in [0.1, 0.15) is 67.7 Å². The molecule has 0 N–H and O–H groups in total. The minimum Gasteiger partial charge on any atom is -0.547 e. The van der Waals surface area contributed by atoms with Crippen molar-refractivity contribution in [1.82, 2.24) is 9.80 Å². The smallest absolute Gasteiger partial charge is 0.337 e. The van der Waals surface area contributed by atoms with Crippen molar-refractivity contribution < 1.29 is 14.0 Å². The number of hydrogen-bond acceptors (Lipinski definition) is 5. The average molecular weight is 509 g/mol. The number of piperazine rings is 1. The Labute approximate surface area is 219 Å². The number of esters is 1. The second-order valence-electron chi connectivity index (χ2n) is 11.3. The molecule has 36 heavy (non-hydrogen) atoms. The van der Waals surface area contributed by atoms with Crippen molar-refractivity contribution in [3.8, 4) is 5.75 Å². The van der Waals surface area contributed by atoms with Gasteiger partial charge in [-0.2, -0.15) is 0 Å². The lowest BCUT2D eigenvalue weighted by atomic mass is 9.83. The van der Waals surface area contributed by atoms with Crippen molar-refractivity contribution in [2.75, 3.05) is 26.7 Å². The van der Waals surface area contributed by atoms with Gasteiger partial charge in [0, 0.05) is 37.3 Å². The van der Waals surface area contributed by atoms with E-state index < -0.39 is 9.04 Å². The predicted molar refractivity (Wildman–Crippen MR) is 152 cm³/mol. The molecule has 1 fully saturated rings. The summed E-state index contributed by atoms with van der Waals surface area (Å²) in [6.45, 7) is 22.6. The van der Waals surface area contributed by atoms with Crippen LogP contribution in [-0.4, -0.2) is 63.6 Å². The molecule has 1 saturated heterocycles. The van der Waals surface area contributed by atoms with Gasteiger partial charge in [-0.05, 0) is 55.6 Å². The van der Waals surface area contributed by atoms with Gasteiger partial charge in [-0.3, -0.25) is 9.80 Å². The first-order valence-electron chi connectivity index (χ1n) is 13.1. The van der Waals surface area contributed by atoms with Crippen molar-refractivity contribution in [1.29, 1.82) is 0 Å². The van der Waals surface area contributed by atoms with Crippen LogP contribution in [0.3, 0.4) is 0 Å². The van der Waals surface area contributed by atoms with Gasteiger partial charge >= 0.3 is 5.97 Å². The molecule has 0 amide bonds. The van der Waals surface area contributed by atoms with Crippen molar-refractivity contribution in [3.63, 3.8) is 0 Å². The zero-order valence-electron chi connectivity index (χ0n) is 23.4. The maximum atomic E-state index is 12.1. The van der Waals surface area contributed by atoms with E-state index in [0.717, 1.165) is 30.9 Å². The topological polar surface area (TPSA) is 42.0 Å². The molecule has 6 heteroatoms. The molecule has 0 aliphatic carbocycles. The Morgan fingerprint density at radius 1 is 1.11 bits per heavy atom. The second kappa shape index (κ2) is 11.8. The molecule has 0 aromatic heterocycles. The molecule has 1 heterocycles. The molecule has 0 unspecified atom stereocenters. The maximum absolute atomic E-state index is 12.1. The van der Waals surface area contributed by atoms with Crippen LogP contribution >= 0.6 is 0 Å². The summed E-state index contributed by atoms with van der Waals surface area (Å²) in [7, 11) is 0.0434. The number of hydrogen-bond donors (Lipinski definition) is 0. The van der Waals surface area contributed by atoms with Gasteiger partial charge in [-0.1, -0.05) is 57.2 Å². The monoisotopic (exact) mass is 508 g/mol. The molecule has 196 valence electrons. The summed E-state index contributed by atoms with van der Waals surface area (Å²) in [5.41, 5.74) is 4.11. The molecule has 0 spiro atoms. The molecule has 0 saturated carbocycles. The first-order chi connectivity index (χ1) is 17.0. The quantitative estimate of drug-likeness (QED) is 0.256. The fourth-order valence-electron chi connectivity index (χ4n) is 5.20. The van der Waals surface area contributed by atoms with Crippen LogP contribution in [0.5, 0.6) is 5.75 Å². The van der Waals surface area contributed by atoms with E-state index in [-0.39, 0.29) is 17.4 Å². The van der Waals surface area contributed by atoms with E-state index in [1.54, 1.807) is 0 Å². The van der Waals surface area contributed by atoms with Gasteiger partial charge in [0.1, 0.15) is 5.75 Å². The van der Waals surface area contributed by atoms with E-state index >= 15 is 0 Å². The summed E-state index contributed by atoms with van der Waals surface area (Å²) in [5.74, 6) is 0.713. The molecular formula is C30H44N2O3Si. The van der Waals surface area contributed by atoms with Crippen LogP contribution in [0.4, 0.5) is 0 Å². The van der Waals surface area contributed by atoms with Gasteiger partial charge in [0.15, 0.2) is 0 Å². The van der Waals surface area contributed by atoms with Crippen LogP contribution in [0.15, 0.2) is 55.1 Å². The summed E-state index contributed by atoms with van der Waals surface area (Å²) in [4.78, 5) is 17.2. The first kappa shape index (κ1) is 28.2. The predicted octanol–water partition coefficient (Wildman–Crippen LogP) is 5.80. The summed E-state index contributed by atoms with van der Waals surface area (Å²) < 4.78 is 11.7. The van der Waals surface area contributed by atoms with Gasteiger partial charge in [-0.25, -0.2) is 4.79 Å². The third kappa shape index (κ3) is 6.28. The van der Waals surface area contributed by atoms with E-state index in [4.69, 9.17) is 9.16 Å². The van der Waals surface area contributed by atoms with Crippen molar-refractivity contribution >= 4 is 15.0 Å². The second-order valence-corrected chi connectivity index (χ2v) is 13.6. The van der Waals surface area contributed by atoms with Crippen molar-refractivity contribution in [3.05, 3.63) is 77.4 Å². The van der Waals surface area contributed by atoms with Crippen LogP contribution in [0, 0.1) is 0 Å². The van der Waals surface area contributed by atoms with E-state index in [1.165, 1.54) is 18.2 Å². The SMILES string of the molecule is C=CCN1C[C@H](C)N([C@H](c2ccc(C(=O)OC)cc2)c2cccc(C(C)(C)C)c2O[SiH](C)C)C[C@H]1C. The Morgan fingerprint density at radius 2 is 1.78 bits per heavy atom. The van der Waals surface area contributed by atoms with E-state index in [2.05, 4.69) is 94.4 Å². The Hall–Kier alpha value is -2.41. The number of para-hydroxylation sites is 1. The van der Waals surface area contributed by atoms with Crippen molar-refractivity contribution in [2.24, 2.45) is 0 Å². The molecule has 1 aliphatic heterocycles. The highest BCUT2D eigenvalue weighted by Gasteiger charge is 2.37. The molecule has 0 bridgehead atoms. The molecule has 1 aliphatic rings. The number of carbonyl (C=O) groups is 1. The fraction of sp³-hybridized carbons (Fsp3) is 0.500. The number of carbonyl (C=O) groups excluding carboxylic acids is 1. The highest BCUT2D eigenvalue weighted by atomic mass is 28.3. The zero-order chi connectivity index (χ0) is 26.6. The highest BCUT2D eigenvalue weighted by molar-refractivity contribution is 6.49. The number of ether oxygens (including phenoxy) is 1. The summed E-state index contributed by atoms with van der Waals surface area (Å²) >= 11 is 0. The Bertz CT molecular complexity index is 1050. The fourth-order valence-corrected chi connectivity index (χ4v) is 5.94. The lowest BCUT2D eigenvalue weighted by Gasteiger charge is -2.48. The molecular weight excluding hydrogens is 464 g/mol. The van der Waals surface area contributed by atoms with Crippen LogP contribution in [0.25, 0.3) is 0 Å². The lowest BCUT2D eigenvalue weighted by molar-refractivity contribution is 0.0302. The summed E-state index contributed by atoms with van der Waals surface area (Å²) in [6, 6.07) is 15.2. The third-order valence-electron chi connectivity index (χ3n) is 7.01. The van der Waals surface area contributed by atoms with Crippen molar-refractivity contribution in [2.45, 2.75) is 71.3 Å². The Kier molecular flexibility index (Phi) is 9.20. The van der Waals surface area contributed by atoms with Crippen LogP contribution in [0.2, 0.25) is 13.1 Å². The average Bonchev–Trinajstić information content (AvgIpc) is 2.82. The zero-order valence-corrected chi connectivity index (χ0v) is 24.5. The van der Waals surface area contributed by atoms with Gasteiger partial charge in [0.2, 0.25) is 9.04 Å². The van der Waals surface area contributed by atoms with Gasteiger partial charge in [0.25, 0.3) is 0 Å². The van der Waals surface area contributed by atoms with Gasteiger partial charge in [-0.15, -0.1) is 6.58 Å². The van der Waals surface area contributed by atoms with Gasteiger partial charge in [0.05, 0.1) is 18.7 Å². The Morgan fingerprint density at radius 3 is 2.33 bits per heavy atom. The van der Waals surface area contributed by atoms with Crippen LogP contribution in [-0.2, 0) is 10.2 Å². The normalized spacial score (nSPS) is 20.2. The molecule has 3 rings (SSSR count). The lowest BCUT2D eigenvalue weighted by Crippen LogP contribution is -2.57. The summed E-state index contributed by atoms with van der Waals surface area (Å²) in [5, 5.41) is 0.